The van der Waals surface area contributed by atoms with E-state index in [4.69, 9.17) is 10.5 Å². The molecule has 2 aromatic carbocycles. The third-order valence-corrected chi connectivity index (χ3v) is 2.79. The lowest BCUT2D eigenvalue weighted by Crippen LogP contribution is -2.04. The van der Waals surface area contributed by atoms with Gasteiger partial charge in [0.15, 0.2) is 23.2 Å². The summed E-state index contributed by atoms with van der Waals surface area (Å²) in [7, 11) is 1.34. The van der Waals surface area contributed by atoms with E-state index in [2.05, 4.69) is 5.32 Å². The third kappa shape index (κ3) is 2.96. The molecule has 0 unspecified atom stereocenters. The van der Waals surface area contributed by atoms with E-state index in [1.54, 1.807) is 0 Å². The molecule has 0 saturated heterocycles. The van der Waals surface area contributed by atoms with Crippen molar-refractivity contribution in [1.82, 2.24) is 0 Å². The smallest absolute Gasteiger partial charge is 0.167 e. The molecule has 0 fully saturated rings. The Balaban J connectivity index is 2.16. The fourth-order valence-electron chi connectivity index (χ4n) is 1.73. The normalized spacial score (nSPS) is 10.4. The molecule has 2 rings (SSSR count). The van der Waals surface area contributed by atoms with Crippen LogP contribution >= 0.6 is 0 Å². The summed E-state index contributed by atoms with van der Waals surface area (Å²) < 4.78 is 44.1. The van der Waals surface area contributed by atoms with Crippen LogP contribution in [0.5, 0.6) is 5.75 Å². The molecular formula is C14H13F3N2O. The van der Waals surface area contributed by atoms with Crippen molar-refractivity contribution in [2.75, 3.05) is 18.2 Å². The van der Waals surface area contributed by atoms with Crippen LogP contribution in [-0.4, -0.2) is 7.11 Å². The molecule has 6 heteroatoms. The van der Waals surface area contributed by atoms with Crippen LogP contribution in [0.1, 0.15) is 5.56 Å². The van der Waals surface area contributed by atoms with Crippen molar-refractivity contribution in [1.29, 1.82) is 0 Å². The minimum Gasteiger partial charge on any atom is -0.494 e. The van der Waals surface area contributed by atoms with Gasteiger partial charge in [0, 0.05) is 18.7 Å². The summed E-state index contributed by atoms with van der Waals surface area (Å²) in [5.74, 6) is -2.35. The first kappa shape index (κ1) is 14.0. The fourth-order valence-corrected chi connectivity index (χ4v) is 1.73. The number of benzene rings is 2. The van der Waals surface area contributed by atoms with Crippen LogP contribution in [0.3, 0.4) is 0 Å². The minimum absolute atomic E-state index is 0.0481. The van der Waals surface area contributed by atoms with Gasteiger partial charge < -0.3 is 15.8 Å². The van der Waals surface area contributed by atoms with Gasteiger partial charge in [-0.15, -0.1) is 0 Å². The number of rotatable bonds is 4. The molecule has 0 amide bonds. The first-order chi connectivity index (χ1) is 9.51. The largest absolute Gasteiger partial charge is 0.494 e. The number of hydrogen-bond acceptors (Lipinski definition) is 3. The fraction of sp³-hybridized carbons (Fsp3) is 0.143. The lowest BCUT2D eigenvalue weighted by Gasteiger charge is -2.12. The van der Waals surface area contributed by atoms with Crippen LogP contribution in [0.25, 0.3) is 0 Å². The summed E-state index contributed by atoms with van der Waals surface area (Å²) >= 11 is 0. The molecule has 106 valence electrons. The van der Waals surface area contributed by atoms with E-state index >= 15 is 0 Å². The van der Waals surface area contributed by atoms with Crippen molar-refractivity contribution in [3.63, 3.8) is 0 Å². The van der Waals surface area contributed by atoms with Crippen molar-refractivity contribution in [2.24, 2.45) is 0 Å². The number of nitrogens with one attached hydrogen (secondary N) is 1. The second-order valence-electron chi connectivity index (χ2n) is 4.18. The molecule has 0 atom stereocenters. The minimum atomic E-state index is -0.922. The van der Waals surface area contributed by atoms with Crippen molar-refractivity contribution in [3.05, 3.63) is 53.3 Å². The lowest BCUT2D eigenvalue weighted by molar-refractivity contribution is 0.387. The summed E-state index contributed by atoms with van der Waals surface area (Å²) in [6, 6.07) is 6.11. The molecule has 0 aromatic heterocycles. The zero-order valence-corrected chi connectivity index (χ0v) is 10.7. The van der Waals surface area contributed by atoms with Gasteiger partial charge in [0.2, 0.25) is 0 Å². The van der Waals surface area contributed by atoms with Gasteiger partial charge in [-0.2, -0.15) is 0 Å². The average Bonchev–Trinajstić information content (AvgIpc) is 2.41. The van der Waals surface area contributed by atoms with Gasteiger partial charge in [0.05, 0.1) is 18.5 Å². The van der Waals surface area contributed by atoms with E-state index in [1.165, 1.54) is 19.2 Å². The monoisotopic (exact) mass is 282 g/mol. The van der Waals surface area contributed by atoms with Crippen LogP contribution in [0.4, 0.5) is 24.5 Å². The SMILES string of the molecule is COc1cc(NCc2ccc(F)c(F)c2)c(N)cc1F. The van der Waals surface area contributed by atoms with Crippen LogP contribution in [0.15, 0.2) is 30.3 Å². The number of hydrogen-bond donors (Lipinski definition) is 2. The second kappa shape index (κ2) is 5.73. The van der Waals surface area contributed by atoms with Gasteiger partial charge in [-0.3, -0.25) is 0 Å². The highest BCUT2D eigenvalue weighted by Crippen LogP contribution is 2.28. The Hall–Kier alpha value is -2.37. The molecular weight excluding hydrogens is 269 g/mol. The Kier molecular flexibility index (Phi) is 4.02. The number of nitrogen functional groups attached to an aromatic ring is 1. The average molecular weight is 282 g/mol. The summed E-state index contributed by atoms with van der Waals surface area (Å²) in [6.07, 6.45) is 0. The predicted molar refractivity (Wildman–Crippen MR) is 71.0 cm³/mol. The number of methoxy groups -OCH3 is 1. The highest BCUT2D eigenvalue weighted by molar-refractivity contribution is 5.68. The first-order valence-corrected chi connectivity index (χ1v) is 5.82. The van der Waals surface area contributed by atoms with Crippen LogP contribution in [-0.2, 0) is 6.54 Å². The quantitative estimate of drug-likeness (QED) is 0.846. The van der Waals surface area contributed by atoms with E-state index in [0.29, 0.717) is 11.3 Å². The van der Waals surface area contributed by atoms with E-state index in [0.717, 1.165) is 18.2 Å². The van der Waals surface area contributed by atoms with Crippen molar-refractivity contribution in [2.45, 2.75) is 6.54 Å². The molecule has 2 aromatic rings. The standard InChI is InChI=1S/C14H13F3N2O/c1-20-14-6-13(12(18)5-11(14)17)19-7-8-2-3-9(15)10(16)4-8/h2-6,19H,7,18H2,1H3. The highest BCUT2D eigenvalue weighted by atomic mass is 19.2. The Labute approximate surface area is 114 Å². The number of nitrogens with two attached hydrogens (primary N) is 1. The Morgan fingerprint density at radius 1 is 1.05 bits per heavy atom. The molecule has 0 aliphatic carbocycles. The molecule has 20 heavy (non-hydrogen) atoms. The van der Waals surface area contributed by atoms with Gasteiger partial charge >= 0.3 is 0 Å². The molecule has 0 aliphatic heterocycles. The summed E-state index contributed by atoms with van der Waals surface area (Å²) in [6.45, 7) is 0.218. The van der Waals surface area contributed by atoms with E-state index < -0.39 is 17.5 Å². The Bertz CT molecular complexity index is 632. The zero-order chi connectivity index (χ0) is 14.7. The predicted octanol–water partition coefficient (Wildman–Crippen LogP) is 3.31. The maximum atomic E-state index is 13.4. The van der Waals surface area contributed by atoms with E-state index in [-0.39, 0.29) is 18.0 Å². The van der Waals surface area contributed by atoms with Crippen LogP contribution < -0.4 is 15.8 Å². The molecule has 0 bridgehead atoms. The maximum Gasteiger partial charge on any atom is 0.167 e. The maximum absolute atomic E-state index is 13.4. The third-order valence-electron chi connectivity index (χ3n) is 2.79. The molecule has 0 spiro atoms. The van der Waals surface area contributed by atoms with E-state index in [9.17, 15) is 13.2 Å². The van der Waals surface area contributed by atoms with Crippen molar-refractivity contribution >= 4 is 11.4 Å². The number of anilines is 2. The summed E-state index contributed by atoms with van der Waals surface area (Å²) in [5.41, 5.74) is 6.86. The van der Waals surface area contributed by atoms with Gasteiger partial charge in [0.1, 0.15) is 0 Å². The van der Waals surface area contributed by atoms with Crippen LogP contribution in [0, 0.1) is 17.5 Å². The van der Waals surface area contributed by atoms with Crippen molar-refractivity contribution in [3.8, 4) is 5.75 Å². The topological polar surface area (TPSA) is 47.3 Å². The number of halogens is 3. The Morgan fingerprint density at radius 2 is 1.80 bits per heavy atom. The Morgan fingerprint density at radius 3 is 2.45 bits per heavy atom. The zero-order valence-electron chi connectivity index (χ0n) is 10.7. The van der Waals surface area contributed by atoms with Gasteiger partial charge in [-0.25, -0.2) is 13.2 Å². The summed E-state index contributed by atoms with van der Waals surface area (Å²) in [4.78, 5) is 0. The lowest BCUT2D eigenvalue weighted by atomic mass is 10.2. The number of ether oxygens (including phenoxy) is 1. The highest BCUT2D eigenvalue weighted by Gasteiger charge is 2.09. The van der Waals surface area contributed by atoms with Gasteiger partial charge in [0.25, 0.3) is 0 Å². The van der Waals surface area contributed by atoms with Crippen LogP contribution in [0.2, 0.25) is 0 Å². The second-order valence-corrected chi connectivity index (χ2v) is 4.18. The first-order valence-electron chi connectivity index (χ1n) is 5.82. The molecule has 0 radical (unpaired) electrons. The summed E-state index contributed by atoms with van der Waals surface area (Å²) in [5, 5.41) is 2.92. The van der Waals surface area contributed by atoms with Gasteiger partial charge in [-0.05, 0) is 17.7 Å². The molecule has 0 heterocycles. The van der Waals surface area contributed by atoms with Gasteiger partial charge in [-0.1, -0.05) is 6.07 Å². The van der Waals surface area contributed by atoms with E-state index in [1.807, 2.05) is 0 Å². The molecule has 0 aliphatic rings. The molecule has 3 nitrogen and oxygen atoms in total. The van der Waals surface area contributed by atoms with Crippen molar-refractivity contribution < 1.29 is 17.9 Å². The molecule has 0 saturated carbocycles. The molecule has 3 N–H and O–H groups in total.